The molecular formula is C21H19ClFN3O2S. The number of nitrogens with zero attached hydrogens (tertiary/aromatic N) is 3. The van der Waals surface area contributed by atoms with Gasteiger partial charge in [0.25, 0.3) is 5.91 Å². The van der Waals surface area contributed by atoms with Crippen LogP contribution in [-0.4, -0.2) is 52.8 Å². The van der Waals surface area contributed by atoms with E-state index in [1.54, 1.807) is 21.1 Å². The summed E-state index contributed by atoms with van der Waals surface area (Å²) < 4.78 is 15.1. The molecule has 0 spiro atoms. The molecule has 8 heteroatoms. The Bertz CT molecular complexity index is 1030. The molecular weight excluding hydrogens is 413 g/mol. The summed E-state index contributed by atoms with van der Waals surface area (Å²) in [6, 6.07) is 11.9. The van der Waals surface area contributed by atoms with E-state index in [-0.39, 0.29) is 11.5 Å². The van der Waals surface area contributed by atoms with Gasteiger partial charge in [-0.25, -0.2) is 9.37 Å². The number of halogens is 2. The number of hydrogen-bond acceptors (Lipinski definition) is 4. The van der Waals surface area contributed by atoms with E-state index in [4.69, 9.17) is 11.6 Å². The molecule has 1 aliphatic rings. The van der Waals surface area contributed by atoms with Crippen LogP contribution < -0.4 is 0 Å². The molecule has 0 bridgehead atoms. The normalized spacial score (nSPS) is 14.4. The molecule has 150 valence electrons. The fraction of sp³-hybridized carbons (Fsp3) is 0.286. The molecule has 2 heterocycles. The van der Waals surface area contributed by atoms with E-state index >= 15 is 0 Å². The molecule has 1 fully saturated rings. The van der Waals surface area contributed by atoms with Gasteiger partial charge in [-0.3, -0.25) is 9.59 Å². The van der Waals surface area contributed by atoms with E-state index in [2.05, 4.69) is 4.98 Å². The lowest BCUT2D eigenvalue weighted by Gasteiger charge is -2.35. The Kier molecular flexibility index (Phi) is 5.78. The summed E-state index contributed by atoms with van der Waals surface area (Å²) in [5.74, 6) is -0.939. The lowest BCUT2D eigenvalue weighted by Crippen LogP contribution is -2.50. The number of thiazole rings is 1. The Hall–Kier alpha value is -2.51. The van der Waals surface area contributed by atoms with Gasteiger partial charge < -0.3 is 9.80 Å². The third-order valence-corrected chi connectivity index (χ3v) is 6.30. The zero-order valence-corrected chi connectivity index (χ0v) is 17.2. The van der Waals surface area contributed by atoms with Crippen LogP contribution in [0.2, 0.25) is 5.02 Å². The highest BCUT2D eigenvalue weighted by Crippen LogP contribution is 2.23. The number of aromatic nitrogens is 1. The number of carbonyl (C=O) groups is 2. The van der Waals surface area contributed by atoms with E-state index in [0.29, 0.717) is 44.0 Å². The van der Waals surface area contributed by atoms with Crippen molar-refractivity contribution in [1.82, 2.24) is 14.8 Å². The molecule has 0 saturated carbocycles. The highest BCUT2D eigenvalue weighted by atomic mass is 35.5. The van der Waals surface area contributed by atoms with Gasteiger partial charge in [0.05, 0.1) is 20.8 Å². The van der Waals surface area contributed by atoms with Crippen LogP contribution in [0, 0.1) is 5.82 Å². The molecule has 1 aromatic heterocycles. The summed E-state index contributed by atoms with van der Waals surface area (Å²) in [7, 11) is 0. The molecule has 0 radical (unpaired) electrons. The van der Waals surface area contributed by atoms with Gasteiger partial charge in [-0.15, -0.1) is 11.3 Å². The quantitative estimate of drug-likeness (QED) is 0.627. The van der Waals surface area contributed by atoms with Gasteiger partial charge >= 0.3 is 0 Å². The summed E-state index contributed by atoms with van der Waals surface area (Å²) >= 11 is 7.49. The van der Waals surface area contributed by atoms with Gasteiger partial charge in [-0.1, -0.05) is 23.7 Å². The number of carbonyl (C=O) groups excluding carboxylic acids is 2. The summed E-state index contributed by atoms with van der Waals surface area (Å²) in [5.41, 5.74) is 0.924. The largest absolute Gasteiger partial charge is 0.339 e. The minimum Gasteiger partial charge on any atom is -0.339 e. The van der Waals surface area contributed by atoms with Crippen molar-refractivity contribution in [2.45, 2.75) is 12.8 Å². The lowest BCUT2D eigenvalue weighted by atomic mass is 10.1. The van der Waals surface area contributed by atoms with Crippen molar-refractivity contribution in [2.24, 2.45) is 0 Å². The van der Waals surface area contributed by atoms with Gasteiger partial charge in [0.2, 0.25) is 5.91 Å². The van der Waals surface area contributed by atoms with E-state index in [0.717, 1.165) is 15.2 Å². The van der Waals surface area contributed by atoms with Crippen molar-refractivity contribution in [3.8, 4) is 0 Å². The summed E-state index contributed by atoms with van der Waals surface area (Å²) in [6.07, 6.45) is 0.988. The third-order valence-electron chi connectivity index (χ3n) is 4.97. The zero-order valence-electron chi connectivity index (χ0n) is 15.6. The van der Waals surface area contributed by atoms with Crippen LogP contribution in [0.1, 0.15) is 21.8 Å². The predicted molar refractivity (Wildman–Crippen MR) is 112 cm³/mol. The second kappa shape index (κ2) is 8.47. The first kappa shape index (κ1) is 19.8. The standard InChI is InChI=1S/C21H19ClFN3O2S/c22-14-5-6-16(23)15(13-14)21(28)26-11-9-25(10-12-26)20(27)8-7-19-24-17-3-1-2-4-18(17)29-19/h1-6,13H,7-12H2. The van der Waals surface area contributed by atoms with E-state index in [1.165, 1.54) is 18.2 Å². The molecule has 0 atom stereocenters. The van der Waals surface area contributed by atoms with Crippen LogP contribution >= 0.6 is 22.9 Å². The number of hydrogen-bond donors (Lipinski definition) is 0. The first-order valence-electron chi connectivity index (χ1n) is 9.38. The number of fused-ring (bicyclic) bond motifs is 1. The predicted octanol–water partition coefficient (Wildman–Crippen LogP) is 4.01. The summed E-state index contributed by atoms with van der Waals surface area (Å²) in [6.45, 7) is 1.62. The molecule has 2 aromatic carbocycles. The zero-order chi connectivity index (χ0) is 20.4. The molecule has 5 nitrogen and oxygen atoms in total. The molecule has 2 amide bonds. The molecule has 0 unspecified atom stereocenters. The van der Waals surface area contributed by atoms with Crippen molar-refractivity contribution < 1.29 is 14.0 Å². The maximum Gasteiger partial charge on any atom is 0.257 e. The van der Waals surface area contributed by atoms with Crippen molar-refractivity contribution in [3.05, 3.63) is 63.9 Å². The van der Waals surface area contributed by atoms with E-state index in [9.17, 15) is 14.0 Å². The molecule has 3 aromatic rings. The molecule has 1 saturated heterocycles. The number of piperazine rings is 1. The Morgan fingerprint density at radius 3 is 2.55 bits per heavy atom. The SMILES string of the molecule is O=C(CCc1nc2ccccc2s1)N1CCN(C(=O)c2cc(Cl)ccc2F)CC1. The Labute approximate surface area is 176 Å². The van der Waals surface area contributed by atoms with Gasteiger partial charge in [0, 0.05) is 44.0 Å². The Balaban J connectivity index is 1.31. The number of amides is 2. The van der Waals surface area contributed by atoms with Gasteiger partial charge in [-0.2, -0.15) is 0 Å². The number of benzene rings is 2. The third kappa shape index (κ3) is 4.41. The second-order valence-corrected chi connectivity index (χ2v) is 8.42. The maximum absolute atomic E-state index is 13.9. The van der Waals surface area contributed by atoms with Crippen LogP contribution in [0.15, 0.2) is 42.5 Å². The molecule has 0 N–H and O–H groups in total. The van der Waals surface area contributed by atoms with Crippen molar-refractivity contribution >= 4 is 45.0 Å². The van der Waals surface area contributed by atoms with Crippen molar-refractivity contribution in [3.63, 3.8) is 0 Å². The van der Waals surface area contributed by atoms with E-state index < -0.39 is 11.7 Å². The van der Waals surface area contributed by atoms with Crippen molar-refractivity contribution in [2.75, 3.05) is 26.2 Å². The van der Waals surface area contributed by atoms with Crippen molar-refractivity contribution in [1.29, 1.82) is 0 Å². The van der Waals surface area contributed by atoms with Crippen LogP contribution in [0.5, 0.6) is 0 Å². The monoisotopic (exact) mass is 431 g/mol. The Morgan fingerprint density at radius 2 is 1.79 bits per heavy atom. The average Bonchev–Trinajstić information content (AvgIpc) is 3.16. The van der Waals surface area contributed by atoms with Gasteiger partial charge in [0.15, 0.2) is 0 Å². The minimum absolute atomic E-state index is 0.0342. The molecule has 29 heavy (non-hydrogen) atoms. The first-order chi connectivity index (χ1) is 14.0. The van der Waals surface area contributed by atoms with Crippen LogP contribution in [-0.2, 0) is 11.2 Å². The van der Waals surface area contributed by atoms with E-state index in [1.807, 2.05) is 24.3 Å². The molecule has 1 aliphatic heterocycles. The topological polar surface area (TPSA) is 53.5 Å². The van der Waals surface area contributed by atoms with Crippen LogP contribution in [0.25, 0.3) is 10.2 Å². The fourth-order valence-electron chi connectivity index (χ4n) is 3.39. The average molecular weight is 432 g/mol. The highest BCUT2D eigenvalue weighted by Gasteiger charge is 2.26. The number of para-hydroxylation sites is 1. The fourth-order valence-corrected chi connectivity index (χ4v) is 4.53. The lowest BCUT2D eigenvalue weighted by molar-refractivity contribution is -0.132. The minimum atomic E-state index is -0.589. The first-order valence-corrected chi connectivity index (χ1v) is 10.6. The maximum atomic E-state index is 13.9. The molecule has 4 rings (SSSR count). The number of rotatable bonds is 4. The van der Waals surface area contributed by atoms with Crippen LogP contribution in [0.4, 0.5) is 4.39 Å². The molecule has 0 aliphatic carbocycles. The summed E-state index contributed by atoms with van der Waals surface area (Å²) in [4.78, 5) is 33.0. The van der Waals surface area contributed by atoms with Crippen LogP contribution in [0.3, 0.4) is 0 Å². The number of aryl methyl sites for hydroxylation is 1. The smallest absolute Gasteiger partial charge is 0.257 e. The van der Waals surface area contributed by atoms with Gasteiger partial charge in [-0.05, 0) is 30.3 Å². The highest BCUT2D eigenvalue weighted by molar-refractivity contribution is 7.18. The second-order valence-electron chi connectivity index (χ2n) is 6.87. The summed E-state index contributed by atoms with van der Waals surface area (Å²) in [5, 5.41) is 1.27. The Morgan fingerprint density at radius 1 is 1.07 bits per heavy atom. The van der Waals surface area contributed by atoms with Gasteiger partial charge in [0.1, 0.15) is 5.82 Å².